The van der Waals surface area contributed by atoms with Crippen molar-refractivity contribution in [1.29, 1.82) is 0 Å². The van der Waals surface area contributed by atoms with Crippen LogP contribution in [0.2, 0.25) is 0 Å². The molecule has 0 heterocycles. The monoisotopic (exact) mass is 265 g/mol. The number of methoxy groups -OCH3 is 1. The van der Waals surface area contributed by atoms with Gasteiger partial charge < -0.3 is 14.8 Å². The molecule has 1 amide bonds. The minimum absolute atomic E-state index is 0.176. The van der Waals surface area contributed by atoms with E-state index in [9.17, 15) is 9.59 Å². The fourth-order valence-corrected chi connectivity index (χ4v) is 1.61. The standard InChI is InChI=1S/C14H19NO4/c1-5-19-13(17)12(16)15-14(2,3)10-6-8-11(18-4)9-7-10/h6-9H,5H2,1-4H3,(H,15,16). The second-order valence-electron chi connectivity index (χ2n) is 4.53. The summed E-state index contributed by atoms with van der Waals surface area (Å²) in [5.74, 6) is -0.886. The largest absolute Gasteiger partial charge is 0.497 e. The molecular formula is C14H19NO4. The predicted molar refractivity (Wildman–Crippen MR) is 70.8 cm³/mol. The zero-order valence-electron chi connectivity index (χ0n) is 11.6. The summed E-state index contributed by atoms with van der Waals surface area (Å²) in [6.45, 7) is 5.45. The third-order valence-electron chi connectivity index (χ3n) is 2.70. The maximum Gasteiger partial charge on any atom is 0.396 e. The minimum Gasteiger partial charge on any atom is -0.497 e. The van der Waals surface area contributed by atoms with Crippen molar-refractivity contribution in [3.63, 3.8) is 0 Å². The van der Waals surface area contributed by atoms with Crippen LogP contribution in [0.5, 0.6) is 5.75 Å². The summed E-state index contributed by atoms with van der Waals surface area (Å²) in [4.78, 5) is 22.9. The van der Waals surface area contributed by atoms with Crippen LogP contribution in [0.4, 0.5) is 0 Å². The molecule has 104 valence electrons. The number of amides is 1. The van der Waals surface area contributed by atoms with Gasteiger partial charge in [0.25, 0.3) is 0 Å². The number of hydrogen-bond donors (Lipinski definition) is 1. The number of ether oxygens (including phenoxy) is 2. The van der Waals surface area contributed by atoms with Gasteiger partial charge in [-0.25, -0.2) is 4.79 Å². The van der Waals surface area contributed by atoms with Gasteiger partial charge in [-0.15, -0.1) is 0 Å². The quantitative estimate of drug-likeness (QED) is 0.663. The molecule has 0 saturated carbocycles. The molecule has 0 saturated heterocycles. The fourth-order valence-electron chi connectivity index (χ4n) is 1.61. The highest BCUT2D eigenvalue weighted by molar-refractivity contribution is 6.32. The van der Waals surface area contributed by atoms with Crippen LogP contribution < -0.4 is 10.1 Å². The number of benzene rings is 1. The van der Waals surface area contributed by atoms with Gasteiger partial charge in [-0.05, 0) is 38.5 Å². The zero-order chi connectivity index (χ0) is 14.5. The van der Waals surface area contributed by atoms with Crippen LogP contribution in [0.25, 0.3) is 0 Å². The van der Waals surface area contributed by atoms with Crippen LogP contribution in [0, 0.1) is 0 Å². The molecule has 0 radical (unpaired) electrons. The van der Waals surface area contributed by atoms with Gasteiger partial charge in [0.2, 0.25) is 0 Å². The number of rotatable bonds is 4. The molecule has 0 spiro atoms. The molecule has 19 heavy (non-hydrogen) atoms. The van der Waals surface area contributed by atoms with Crippen LogP contribution in [0.1, 0.15) is 26.3 Å². The maximum atomic E-state index is 11.6. The summed E-state index contributed by atoms with van der Waals surface area (Å²) < 4.78 is 9.72. The van der Waals surface area contributed by atoms with Gasteiger partial charge in [-0.1, -0.05) is 12.1 Å². The smallest absolute Gasteiger partial charge is 0.396 e. The topological polar surface area (TPSA) is 64.6 Å². The molecule has 0 aliphatic carbocycles. The molecule has 0 aromatic heterocycles. The molecule has 1 N–H and O–H groups in total. The van der Waals surface area contributed by atoms with Gasteiger partial charge in [0.05, 0.1) is 19.3 Å². The Morgan fingerprint density at radius 1 is 1.21 bits per heavy atom. The first-order chi connectivity index (χ1) is 8.90. The number of nitrogens with one attached hydrogen (secondary N) is 1. The molecular weight excluding hydrogens is 246 g/mol. The van der Waals surface area contributed by atoms with E-state index in [0.717, 1.165) is 11.3 Å². The molecule has 0 bridgehead atoms. The highest BCUT2D eigenvalue weighted by Crippen LogP contribution is 2.22. The molecule has 1 rings (SSSR count). The Morgan fingerprint density at radius 3 is 2.26 bits per heavy atom. The first kappa shape index (κ1) is 15.0. The van der Waals surface area contributed by atoms with Crippen LogP contribution in [-0.2, 0) is 19.9 Å². The summed E-state index contributed by atoms with van der Waals surface area (Å²) >= 11 is 0. The molecule has 0 fully saturated rings. The van der Waals surface area contributed by atoms with Crippen molar-refractivity contribution >= 4 is 11.9 Å². The van der Waals surface area contributed by atoms with E-state index in [0.29, 0.717) is 0 Å². The lowest BCUT2D eigenvalue weighted by atomic mass is 9.94. The van der Waals surface area contributed by atoms with Gasteiger partial charge >= 0.3 is 11.9 Å². The number of carbonyl (C=O) groups excluding carboxylic acids is 2. The molecule has 0 aliphatic rings. The van der Waals surface area contributed by atoms with E-state index in [2.05, 4.69) is 10.1 Å². The van der Waals surface area contributed by atoms with E-state index in [-0.39, 0.29) is 6.61 Å². The van der Waals surface area contributed by atoms with Crippen molar-refractivity contribution in [3.05, 3.63) is 29.8 Å². The van der Waals surface area contributed by atoms with Crippen molar-refractivity contribution in [2.24, 2.45) is 0 Å². The number of carbonyl (C=O) groups is 2. The summed E-state index contributed by atoms with van der Waals surface area (Å²) in [5, 5.41) is 2.64. The molecule has 0 atom stereocenters. The summed E-state index contributed by atoms with van der Waals surface area (Å²) in [6.07, 6.45) is 0. The normalized spacial score (nSPS) is 10.7. The molecule has 0 aliphatic heterocycles. The van der Waals surface area contributed by atoms with E-state index in [1.165, 1.54) is 0 Å². The summed E-state index contributed by atoms with van der Waals surface area (Å²) in [6, 6.07) is 7.27. The van der Waals surface area contributed by atoms with Crippen LogP contribution in [0.3, 0.4) is 0 Å². The Morgan fingerprint density at radius 2 is 1.79 bits per heavy atom. The lowest BCUT2D eigenvalue weighted by Crippen LogP contribution is -2.44. The van der Waals surface area contributed by atoms with E-state index < -0.39 is 17.4 Å². The van der Waals surface area contributed by atoms with E-state index in [1.54, 1.807) is 26.2 Å². The highest BCUT2D eigenvalue weighted by atomic mass is 16.5. The van der Waals surface area contributed by atoms with Crippen molar-refractivity contribution in [2.45, 2.75) is 26.3 Å². The average Bonchev–Trinajstić information content (AvgIpc) is 2.38. The van der Waals surface area contributed by atoms with Crippen molar-refractivity contribution in [2.75, 3.05) is 13.7 Å². The first-order valence-corrected chi connectivity index (χ1v) is 6.04. The molecule has 0 unspecified atom stereocenters. The van der Waals surface area contributed by atoms with Crippen molar-refractivity contribution in [1.82, 2.24) is 5.32 Å². The molecule has 5 heteroatoms. The number of esters is 1. The Kier molecular flexibility index (Phi) is 4.92. The summed E-state index contributed by atoms with van der Waals surface area (Å²) in [5.41, 5.74) is 0.196. The SMILES string of the molecule is CCOC(=O)C(=O)NC(C)(C)c1ccc(OC)cc1. The maximum absolute atomic E-state index is 11.6. The average molecular weight is 265 g/mol. The second kappa shape index (κ2) is 6.22. The molecule has 1 aromatic rings. The van der Waals surface area contributed by atoms with E-state index >= 15 is 0 Å². The second-order valence-corrected chi connectivity index (χ2v) is 4.53. The third kappa shape index (κ3) is 3.98. The van der Waals surface area contributed by atoms with Crippen LogP contribution in [-0.4, -0.2) is 25.6 Å². The lowest BCUT2D eigenvalue weighted by molar-refractivity contribution is -0.155. The zero-order valence-corrected chi connectivity index (χ0v) is 11.6. The van der Waals surface area contributed by atoms with Gasteiger partial charge in [-0.3, -0.25) is 4.79 Å². The molecule has 1 aromatic carbocycles. The van der Waals surface area contributed by atoms with Gasteiger partial charge in [0.1, 0.15) is 5.75 Å². The fraction of sp³-hybridized carbons (Fsp3) is 0.429. The van der Waals surface area contributed by atoms with Gasteiger partial charge in [0.15, 0.2) is 0 Å². The molecule has 5 nitrogen and oxygen atoms in total. The van der Waals surface area contributed by atoms with Gasteiger partial charge in [-0.2, -0.15) is 0 Å². The lowest BCUT2D eigenvalue weighted by Gasteiger charge is -2.26. The highest BCUT2D eigenvalue weighted by Gasteiger charge is 2.26. The van der Waals surface area contributed by atoms with Crippen LogP contribution >= 0.6 is 0 Å². The van der Waals surface area contributed by atoms with Crippen LogP contribution in [0.15, 0.2) is 24.3 Å². The van der Waals surface area contributed by atoms with E-state index in [4.69, 9.17) is 4.74 Å². The first-order valence-electron chi connectivity index (χ1n) is 6.04. The van der Waals surface area contributed by atoms with Gasteiger partial charge in [0, 0.05) is 0 Å². The number of hydrogen-bond acceptors (Lipinski definition) is 4. The van der Waals surface area contributed by atoms with Crippen molar-refractivity contribution in [3.8, 4) is 5.75 Å². The Balaban J connectivity index is 2.79. The predicted octanol–water partition coefficient (Wildman–Crippen LogP) is 1.61. The third-order valence-corrected chi connectivity index (χ3v) is 2.70. The summed E-state index contributed by atoms with van der Waals surface area (Å²) in [7, 11) is 1.59. The Labute approximate surface area is 112 Å². The van der Waals surface area contributed by atoms with Crippen molar-refractivity contribution < 1.29 is 19.1 Å². The Bertz CT molecular complexity index is 451. The minimum atomic E-state index is -0.871. The Hall–Kier alpha value is -2.04. The van der Waals surface area contributed by atoms with E-state index in [1.807, 2.05) is 26.0 Å².